The van der Waals surface area contributed by atoms with Crippen molar-refractivity contribution >= 4 is 35.3 Å². The van der Waals surface area contributed by atoms with Crippen LogP contribution in [0.1, 0.15) is 54.3 Å². The summed E-state index contributed by atoms with van der Waals surface area (Å²) in [5, 5.41) is 39.9. The number of aliphatic carboxylic acids is 2. The van der Waals surface area contributed by atoms with E-state index in [1.165, 1.54) is 36.4 Å². The second-order valence-electron chi connectivity index (χ2n) is 9.87. The molecule has 4 N–H and O–H groups in total. The van der Waals surface area contributed by atoms with Gasteiger partial charge in [-0.25, -0.2) is 9.59 Å². The molecule has 1 heterocycles. The third-order valence-electron chi connectivity index (χ3n) is 7.78. The monoisotopic (exact) mass is 534 g/mol. The van der Waals surface area contributed by atoms with Gasteiger partial charge in [-0.15, -0.1) is 0 Å². The molecule has 0 aromatic heterocycles. The van der Waals surface area contributed by atoms with E-state index in [2.05, 4.69) is 0 Å². The van der Waals surface area contributed by atoms with E-state index in [-0.39, 0.29) is 23.1 Å². The van der Waals surface area contributed by atoms with Crippen LogP contribution in [0.25, 0.3) is 0 Å². The Morgan fingerprint density at radius 1 is 0.821 bits per heavy atom. The minimum absolute atomic E-state index is 0.0781. The largest absolute Gasteiger partial charge is 0.507 e. The van der Waals surface area contributed by atoms with Gasteiger partial charge in [0.15, 0.2) is 17.3 Å². The number of ketones is 3. The van der Waals surface area contributed by atoms with Crippen molar-refractivity contribution < 1.29 is 53.9 Å². The number of phenols is 2. The van der Waals surface area contributed by atoms with E-state index in [4.69, 9.17) is 4.74 Å². The van der Waals surface area contributed by atoms with E-state index >= 15 is 0 Å². The zero-order valence-corrected chi connectivity index (χ0v) is 20.1. The minimum Gasteiger partial charge on any atom is -0.507 e. The lowest BCUT2D eigenvalue weighted by Gasteiger charge is -2.31. The fraction of sp³-hybridized carbons (Fsp3) is 0.286. The van der Waals surface area contributed by atoms with Gasteiger partial charge in [0.05, 0.1) is 23.1 Å². The van der Waals surface area contributed by atoms with E-state index < -0.39 is 94.4 Å². The number of rotatable bonds is 4. The second kappa shape index (κ2) is 9.50. The minimum atomic E-state index is -1.37. The van der Waals surface area contributed by atoms with Crippen LogP contribution in [0.15, 0.2) is 48.6 Å². The Morgan fingerprint density at radius 3 is 2.03 bits per heavy atom. The first kappa shape index (κ1) is 25.8. The molecule has 0 bridgehead atoms. The number of Topliss-reactive ketones (excluding diaryl/α,β-unsaturated/α-hetero) is 3. The number of aromatic hydroxyl groups is 2. The molecular weight excluding hydrogens is 512 g/mol. The number of phenolic OH excluding ortho intramolecular Hbond substituents is 2. The Kier molecular flexibility index (Phi) is 6.29. The maximum Gasteiger partial charge on any atom is 0.339 e. The van der Waals surface area contributed by atoms with Crippen molar-refractivity contribution in [2.45, 2.75) is 18.9 Å². The molecule has 0 amide bonds. The lowest BCUT2D eigenvalue weighted by atomic mass is 9.70. The highest BCUT2D eigenvalue weighted by molar-refractivity contribution is 6.19. The van der Waals surface area contributed by atoms with Crippen molar-refractivity contribution in [2.75, 3.05) is 0 Å². The molecule has 0 saturated heterocycles. The van der Waals surface area contributed by atoms with Crippen LogP contribution in [0.4, 0.5) is 0 Å². The SMILES string of the molecule is O=C(O)C=CC1C2C(=O)c3c(O)cccc3C(=O)OC(CC(=O)O)CC2C2C(=O)c3c(O)cccc3C(=O)C12. The lowest BCUT2D eigenvalue weighted by molar-refractivity contribution is -0.139. The van der Waals surface area contributed by atoms with Crippen LogP contribution in [0, 0.1) is 29.6 Å². The number of carbonyl (C=O) groups is 6. The van der Waals surface area contributed by atoms with Gasteiger partial charge in [0.2, 0.25) is 0 Å². The van der Waals surface area contributed by atoms with Crippen molar-refractivity contribution in [3.63, 3.8) is 0 Å². The summed E-state index contributed by atoms with van der Waals surface area (Å²) in [5.74, 6) is -12.9. The van der Waals surface area contributed by atoms with Gasteiger partial charge in [-0.3, -0.25) is 19.2 Å². The van der Waals surface area contributed by atoms with Gasteiger partial charge < -0.3 is 25.2 Å². The molecule has 0 radical (unpaired) electrons. The molecule has 39 heavy (non-hydrogen) atoms. The molecule has 200 valence electrons. The fourth-order valence-electron chi connectivity index (χ4n) is 6.40. The van der Waals surface area contributed by atoms with Gasteiger partial charge in [-0.05, 0) is 36.5 Å². The van der Waals surface area contributed by atoms with E-state index in [0.29, 0.717) is 0 Å². The van der Waals surface area contributed by atoms with Crippen molar-refractivity contribution in [3.8, 4) is 11.5 Å². The summed E-state index contributed by atoms with van der Waals surface area (Å²) < 4.78 is 5.45. The molecule has 2 aromatic rings. The maximum absolute atomic E-state index is 14.1. The van der Waals surface area contributed by atoms with E-state index in [0.717, 1.165) is 12.2 Å². The molecule has 3 aliphatic rings. The zero-order valence-electron chi connectivity index (χ0n) is 20.1. The van der Waals surface area contributed by atoms with Gasteiger partial charge >= 0.3 is 17.9 Å². The second-order valence-corrected chi connectivity index (χ2v) is 9.87. The highest BCUT2D eigenvalue weighted by atomic mass is 16.5. The molecule has 1 aliphatic heterocycles. The third-order valence-corrected chi connectivity index (χ3v) is 7.78. The molecule has 6 atom stereocenters. The summed E-state index contributed by atoms with van der Waals surface area (Å²) in [4.78, 5) is 77.9. The standard InChI is InChI=1S/C28H22O11/c29-16-5-1-3-13-21(16)27(37)24-15-9-11(10-19(33)34)39-28(38)14-4-2-6-17(30)22(14)26(36)20(15)12(7-8-18(31)32)23(24)25(13)35/h1-8,11-12,15,20,23-24,29-30H,9-10H2,(H,31,32)(H,33,34). The predicted octanol–water partition coefficient (Wildman–Crippen LogP) is 2.50. The van der Waals surface area contributed by atoms with Crippen LogP contribution in [-0.2, 0) is 14.3 Å². The Labute approximate surface area is 220 Å². The third kappa shape index (κ3) is 4.15. The Balaban J connectivity index is 1.77. The average molecular weight is 534 g/mol. The van der Waals surface area contributed by atoms with Gasteiger partial charge in [0.25, 0.3) is 0 Å². The number of carboxylic acid groups (broad SMARTS) is 2. The number of benzene rings is 2. The van der Waals surface area contributed by atoms with Crippen LogP contribution in [0.5, 0.6) is 11.5 Å². The van der Waals surface area contributed by atoms with Crippen molar-refractivity contribution in [2.24, 2.45) is 29.6 Å². The van der Waals surface area contributed by atoms with Crippen LogP contribution < -0.4 is 0 Å². The zero-order chi connectivity index (χ0) is 28.2. The highest BCUT2D eigenvalue weighted by Gasteiger charge is 2.61. The first-order valence-corrected chi connectivity index (χ1v) is 12.1. The Bertz CT molecular complexity index is 1490. The van der Waals surface area contributed by atoms with Gasteiger partial charge in [-0.2, -0.15) is 0 Å². The summed E-state index contributed by atoms with van der Waals surface area (Å²) >= 11 is 0. The number of cyclic esters (lactones) is 1. The molecule has 6 unspecified atom stereocenters. The fourth-order valence-corrected chi connectivity index (χ4v) is 6.40. The summed E-state index contributed by atoms with van der Waals surface area (Å²) in [6.45, 7) is 0. The highest BCUT2D eigenvalue weighted by Crippen LogP contribution is 2.56. The Hall–Kier alpha value is -4.80. The molecule has 0 spiro atoms. The quantitative estimate of drug-likeness (QED) is 0.333. The number of esters is 1. The molecule has 11 nitrogen and oxygen atoms in total. The van der Waals surface area contributed by atoms with Crippen molar-refractivity contribution in [1.82, 2.24) is 0 Å². The molecular formula is C28H22O11. The normalized spacial score (nSPS) is 27.9. The number of carbonyl (C=O) groups excluding carboxylic acids is 4. The van der Waals surface area contributed by atoms with Gasteiger partial charge in [0, 0.05) is 29.4 Å². The Morgan fingerprint density at radius 2 is 1.41 bits per heavy atom. The van der Waals surface area contributed by atoms with E-state index in [1.807, 2.05) is 0 Å². The number of hydrogen-bond donors (Lipinski definition) is 4. The van der Waals surface area contributed by atoms with Crippen molar-refractivity contribution in [3.05, 3.63) is 70.8 Å². The molecule has 2 aliphatic carbocycles. The number of allylic oxidation sites excluding steroid dienone is 1. The number of carboxylic acids is 2. The first-order chi connectivity index (χ1) is 18.5. The summed E-state index contributed by atoms with van der Waals surface area (Å²) in [5.41, 5.74) is -1.08. The topological polar surface area (TPSA) is 193 Å². The van der Waals surface area contributed by atoms with Crippen LogP contribution in [0.2, 0.25) is 0 Å². The van der Waals surface area contributed by atoms with Crippen LogP contribution in [-0.4, -0.2) is 61.8 Å². The first-order valence-electron chi connectivity index (χ1n) is 12.1. The lowest BCUT2D eigenvalue weighted by Crippen LogP contribution is -2.39. The summed E-state index contributed by atoms with van der Waals surface area (Å²) in [6.07, 6.45) is -0.409. The predicted molar refractivity (Wildman–Crippen MR) is 130 cm³/mol. The number of hydrogen-bond acceptors (Lipinski definition) is 9. The maximum atomic E-state index is 14.1. The average Bonchev–Trinajstić information content (AvgIpc) is 3.19. The molecule has 2 aromatic carbocycles. The summed E-state index contributed by atoms with van der Waals surface area (Å²) in [7, 11) is 0. The van der Waals surface area contributed by atoms with Crippen LogP contribution in [0.3, 0.4) is 0 Å². The molecule has 5 rings (SSSR count). The van der Waals surface area contributed by atoms with Crippen molar-refractivity contribution in [1.29, 1.82) is 0 Å². The number of ether oxygens (including phenoxy) is 1. The summed E-state index contributed by atoms with van der Waals surface area (Å²) in [6, 6.07) is 7.66. The molecule has 1 saturated carbocycles. The van der Waals surface area contributed by atoms with E-state index in [9.17, 15) is 49.2 Å². The van der Waals surface area contributed by atoms with E-state index in [1.54, 1.807) is 0 Å². The van der Waals surface area contributed by atoms with Gasteiger partial charge in [0.1, 0.15) is 17.6 Å². The number of fused-ring (bicyclic) bond motifs is 5. The van der Waals surface area contributed by atoms with Crippen LogP contribution >= 0.6 is 0 Å². The molecule has 1 fully saturated rings. The van der Waals surface area contributed by atoms with Gasteiger partial charge in [-0.1, -0.05) is 24.3 Å². The molecule has 11 heteroatoms. The smallest absolute Gasteiger partial charge is 0.339 e.